The summed E-state index contributed by atoms with van der Waals surface area (Å²) in [4.78, 5) is 0. The maximum atomic E-state index is 6.24. The largest absolute Gasteiger partial charge is 0.380 e. The molecule has 2 heteroatoms. The number of anilines is 1. The third-order valence-corrected chi connectivity index (χ3v) is 3.50. The summed E-state index contributed by atoms with van der Waals surface area (Å²) in [5.74, 6) is 0. The van der Waals surface area contributed by atoms with Gasteiger partial charge in [-0.25, -0.2) is 0 Å². The van der Waals surface area contributed by atoms with Gasteiger partial charge in [-0.3, -0.25) is 0 Å². The predicted octanol–water partition coefficient (Wildman–Crippen LogP) is 4.88. The minimum atomic E-state index is 0.755. The average molecular weight is 260 g/mol. The number of hydrogen-bond acceptors (Lipinski definition) is 1. The zero-order valence-corrected chi connectivity index (χ0v) is 11.8. The molecule has 0 saturated heterocycles. The Balaban J connectivity index is 2.16. The lowest BCUT2D eigenvalue weighted by atomic mass is 10.1. The number of aryl methyl sites for hydroxylation is 3. The molecule has 0 aliphatic heterocycles. The first-order chi connectivity index (χ1) is 8.58. The zero-order valence-electron chi connectivity index (χ0n) is 11.0. The highest BCUT2D eigenvalue weighted by molar-refractivity contribution is 6.31. The Bertz CT molecular complexity index is 541. The van der Waals surface area contributed by atoms with E-state index >= 15 is 0 Å². The molecule has 0 bridgehead atoms. The van der Waals surface area contributed by atoms with Crippen LogP contribution in [-0.2, 0) is 6.54 Å². The molecule has 0 spiro atoms. The van der Waals surface area contributed by atoms with E-state index in [4.69, 9.17) is 11.6 Å². The molecule has 2 rings (SSSR count). The van der Waals surface area contributed by atoms with Gasteiger partial charge in [-0.1, -0.05) is 41.9 Å². The van der Waals surface area contributed by atoms with Crippen molar-refractivity contribution in [2.24, 2.45) is 0 Å². The lowest BCUT2D eigenvalue weighted by molar-refractivity contribution is 1.13. The van der Waals surface area contributed by atoms with Crippen molar-refractivity contribution in [1.29, 1.82) is 0 Å². The number of benzene rings is 2. The molecule has 0 saturated carbocycles. The van der Waals surface area contributed by atoms with Crippen molar-refractivity contribution in [3.05, 3.63) is 63.7 Å². The summed E-state index contributed by atoms with van der Waals surface area (Å²) in [5.41, 5.74) is 6.05. The molecule has 0 atom stereocenters. The summed E-state index contributed by atoms with van der Waals surface area (Å²) in [6, 6.07) is 12.5. The van der Waals surface area contributed by atoms with Crippen molar-refractivity contribution in [3.8, 4) is 0 Å². The molecule has 0 heterocycles. The van der Waals surface area contributed by atoms with E-state index in [0.29, 0.717) is 0 Å². The van der Waals surface area contributed by atoms with Crippen LogP contribution in [0.1, 0.15) is 22.3 Å². The molecule has 1 N–H and O–H groups in total. The van der Waals surface area contributed by atoms with Crippen molar-refractivity contribution >= 4 is 17.3 Å². The van der Waals surface area contributed by atoms with Gasteiger partial charge in [0.05, 0.1) is 0 Å². The van der Waals surface area contributed by atoms with E-state index in [2.05, 4.69) is 56.4 Å². The van der Waals surface area contributed by atoms with Gasteiger partial charge in [0, 0.05) is 17.3 Å². The van der Waals surface area contributed by atoms with Gasteiger partial charge in [-0.2, -0.15) is 0 Å². The summed E-state index contributed by atoms with van der Waals surface area (Å²) in [7, 11) is 0. The fourth-order valence-corrected chi connectivity index (χ4v) is 2.37. The van der Waals surface area contributed by atoms with Crippen LogP contribution in [0.3, 0.4) is 0 Å². The molecular formula is C16H18ClN. The van der Waals surface area contributed by atoms with E-state index in [0.717, 1.165) is 17.1 Å². The third-order valence-electron chi connectivity index (χ3n) is 3.15. The SMILES string of the molecule is Cc1ccc(CNc2c(C)cccc2C)c(Cl)c1. The predicted molar refractivity (Wildman–Crippen MR) is 79.4 cm³/mol. The number of nitrogens with one attached hydrogen (secondary N) is 1. The molecular weight excluding hydrogens is 242 g/mol. The van der Waals surface area contributed by atoms with Crippen LogP contribution in [0.2, 0.25) is 5.02 Å². The minimum Gasteiger partial charge on any atom is -0.380 e. The highest BCUT2D eigenvalue weighted by Gasteiger charge is 2.04. The van der Waals surface area contributed by atoms with Gasteiger partial charge in [-0.05, 0) is 49.1 Å². The molecule has 2 aromatic rings. The van der Waals surface area contributed by atoms with Crippen LogP contribution in [0.15, 0.2) is 36.4 Å². The molecule has 1 nitrogen and oxygen atoms in total. The molecule has 0 aliphatic rings. The number of para-hydroxylation sites is 1. The quantitative estimate of drug-likeness (QED) is 0.829. The van der Waals surface area contributed by atoms with Crippen molar-refractivity contribution < 1.29 is 0 Å². The van der Waals surface area contributed by atoms with Gasteiger partial charge in [-0.15, -0.1) is 0 Å². The minimum absolute atomic E-state index is 0.755. The number of hydrogen-bond donors (Lipinski definition) is 1. The third kappa shape index (κ3) is 2.85. The van der Waals surface area contributed by atoms with Crippen molar-refractivity contribution in [2.75, 3.05) is 5.32 Å². The lowest BCUT2D eigenvalue weighted by Crippen LogP contribution is -2.03. The molecule has 0 unspecified atom stereocenters. The molecule has 2 aromatic carbocycles. The fourth-order valence-electron chi connectivity index (χ4n) is 2.07. The molecule has 0 fully saturated rings. The fraction of sp³-hybridized carbons (Fsp3) is 0.250. The van der Waals surface area contributed by atoms with E-state index in [-0.39, 0.29) is 0 Å². The monoisotopic (exact) mass is 259 g/mol. The molecule has 18 heavy (non-hydrogen) atoms. The summed E-state index contributed by atoms with van der Waals surface area (Å²) in [6.45, 7) is 7.04. The van der Waals surface area contributed by atoms with Crippen LogP contribution in [0.5, 0.6) is 0 Å². The zero-order chi connectivity index (χ0) is 13.1. The van der Waals surface area contributed by atoms with Crippen LogP contribution < -0.4 is 5.32 Å². The van der Waals surface area contributed by atoms with E-state index in [1.54, 1.807) is 0 Å². The van der Waals surface area contributed by atoms with Gasteiger partial charge >= 0.3 is 0 Å². The van der Waals surface area contributed by atoms with Gasteiger partial charge in [0.25, 0.3) is 0 Å². The van der Waals surface area contributed by atoms with E-state index in [1.807, 2.05) is 6.07 Å². The standard InChI is InChI=1S/C16H18ClN/c1-11-7-8-14(15(17)9-11)10-18-16-12(2)5-4-6-13(16)3/h4-9,18H,10H2,1-3H3. The summed E-state index contributed by atoms with van der Waals surface area (Å²) in [6.07, 6.45) is 0. The first-order valence-corrected chi connectivity index (χ1v) is 6.51. The van der Waals surface area contributed by atoms with E-state index < -0.39 is 0 Å². The van der Waals surface area contributed by atoms with Gasteiger partial charge < -0.3 is 5.32 Å². The smallest absolute Gasteiger partial charge is 0.0458 e. The lowest BCUT2D eigenvalue weighted by Gasteiger charge is -2.13. The second kappa shape index (κ2) is 5.45. The molecule has 0 aliphatic carbocycles. The molecule has 94 valence electrons. The molecule has 0 amide bonds. The summed E-state index contributed by atoms with van der Waals surface area (Å²) < 4.78 is 0. The maximum Gasteiger partial charge on any atom is 0.0458 e. The topological polar surface area (TPSA) is 12.0 Å². The Hall–Kier alpha value is -1.47. The highest BCUT2D eigenvalue weighted by atomic mass is 35.5. The van der Waals surface area contributed by atoms with Crippen LogP contribution in [0.4, 0.5) is 5.69 Å². The van der Waals surface area contributed by atoms with Crippen molar-refractivity contribution in [3.63, 3.8) is 0 Å². The first kappa shape index (κ1) is 13.0. The van der Waals surface area contributed by atoms with Crippen molar-refractivity contribution in [1.82, 2.24) is 0 Å². The van der Waals surface area contributed by atoms with Gasteiger partial charge in [0.2, 0.25) is 0 Å². The Morgan fingerprint density at radius 3 is 2.28 bits per heavy atom. The van der Waals surface area contributed by atoms with Crippen LogP contribution >= 0.6 is 11.6 Å². The summed E-state index contributed by atoms with van der Waals surface area (Å²) in [5, 5.41) is 4.30. The second-order valence-corrected chi connectivity index (χ2v) is 5.12. The van der Waals surface area contributed by atoms with E-state index in [1.165, 1.54) is 22.4 Å². The first-order valence-electron chi connectivity index (χ1n) is 6.13. The maximum absolute atomic E-state index is 6.24. The van der Waals surface area contributed by atoms with Crippen molar-refractivity contribution in [2.45, 2.75) is 27.3 Å². The molecule has 0 aromatic heterocycles. The van der Waals surface area contributed by atoms with Gasteiger partial charge in [0.1, 0.15) is 0 Å². The normalized spacial score (nSPS) is 10.4. The average Bonchev–Trinajstić information content (AvgIpc) is 2.31. The Morgan fingerprint density at radius 1 is 1.00 bits per heavy atom. The second-order valence-electron chi connectivity index (χ2n) is 4.72. The van der Waals surface area contributed by atoms with Crippen LogP contribution in [-0.4, -0.2) is 0 Å². The van der Waals surface area contributed by atoms with Gasteiger partial charge in [0.15, 0.2) is 0 Å². The summed E-state index contributed by atoms with van der Waals surface area (Å²) >= 11 is 6.24. The Kier molecular flexibility index (Phi) is 3.93. The highest BCUT2D eigenvalue weighted by Crippen LogP contribution is 2.23. The van der Waals surface area contributed by atoms with E-state index in [9.17, 15) is 0 Å². The Labute approximate surface area is 114 Å². The van der Waals surface area contributed by atoms with Crippen LogP contribution in [0, 0.1) is 20.8 Å². The Morgan fingerprint density at radius 2 is 1.67 bits per heavy atom. The number of halogens is 1. The van der Waals surface area contributed by atoms with Crippen LogP contribution in [0.25, 0.3) is 0 Å². The number of rotatable bonds is 3. The molecule has 0 radical (unpaired) electrons.